The van der Waals surface area contributed by atoms with Crippen LogP contribution in [-0.4, -0.2) is 41.1 Å². The summed E-state index contributed by atoms with van der Waals surface area (Å²) in [6.45, 7) is 5.11. The summed E-state index contributed by atoms with van der Waals surface area (Å²) in [6, 6.07) is 7.33. The molecule has 5 nitrogen and oxygen atoms in total. The number of nitrogens with zero attached hydrogens (tertiary/aromatic N) is 1. The summed E-state index contributed by atoms with van der Waals surface area (Å²) in [5, 5.41) is 8.81. The van der Waals surface area contributed by atoms with Crippen LogP contribution in [0.3, 0.4) is 0 Å². The number of carbonyl (C=O) groups excluding carboxylic acids is 1. The Morgan fingerprint density at radius 2 is 1.95 bits per heavy atom. The van der Waals surface area contributed by atoms with Crippen molar-refractivity contribution >= 4 is 11.9 Å². The highest BCUT2D eigenvalue weighted by molar-refractivity contribution is 5.82. The maximum Gasteiger partial charge on any atom is 0.323 e. The maximum atomic E-state index is 12.0. The van der Waals surface area contributed by atoms with Gasteiger partial charge < -0.3 is 14.7 Å². The fourth-order valence-corrected chi connectivity index (χ4v) is 1.86. The summed E-state index contributed by atoms with van der Waals surface area (Å²) < 4.78 is 5.52. The van der Waals surface area contributed by atoms with Crippen LogP contribution in [0.1, 0.15) is 26.3 Å². The molecule has 1 aromatic rings. The Morgan fingerprint density at radius 3 is 2.50 bits per heavy atom. The zero-order valence-electron chi connectivity index (χ0n) is 12.1. The molecule has 5 heteroatoms. The molecule has 0 bridgehead atoms. The Morgan fingerprint density at radius 1 is 1.30 bits per heavy atom. The highest BCUT2D eigenvalue weighted by Gasteiger charge is 2.20. The molecule has 1 amide bonds. The number of ether oxygens (including phenoxy) is 1. The lowest BCUT2D eigenvalue weighted by Crippen LogP contribution is -2.43. The second-order valence-corrected chi connectivity index (χ2v) is 4.76. The Labute approximate surface area is 119 Å². The van der Waals surface area contributed by atoms with Gasteiger partial charge in [-0.25, -0.2) is 0 Å². The molecule has 0 atom stereocenters. The number of benzene rings is 1. The highest BCUT2D eigenvalue weighted by Crippen LogP contribution is 2.18. The van der Waals surface area contributed by atoms with Gasteiger partial charge in [0.15, 0.2) is 6.61 Å². The van der Waals surface area contributed by atoms with Crippen molar-refractivity contribution in [2.75, 3.05) is 13.2 Å². The number of amides is 1. The van der Waals surface area contributed by atoms with E-state index in [0.29, 0.717) is 5.75 Å². The largest absolute Gasteiger partial charge is 0.483 e. The smallest absolute Gasteiger partial charge is 0.323 e. The predicted octanol–water partition coefficient (Wildman–Crippen LogP) is 1.95. The first-order chi connectivity index (χ1) is 9.45. The van der Waals surface area contributed by atoms with Crippen molar-refractivity contribution < 1.29 is 19.4 Å². The summed E-state index contributed by atoms with van der Waals surface area (Å²) >= 11 is 0. The summed E-state index contributed by atoms with van der Waals surface area (Å²) in [7, 11) is 0. The summed E-state index contributed by atoms with van der Waals surface area (Å²) in [6.07, 6.45) is 0.813. The standard InChI is InChI=1S/C15H21NO4/c1-4-12-7-5-6-8-13(12)20-10-14(17)16(11(2)3)9-15(18)19/h5-8,11H,4,9-10H2,1-3H3,(H,18,19). The number of para-hydroxylation sites is 1. The number of rotatable bonds is 7. The summed E-state index contributed by atoms with van der Waals surface area (Å²) in [5.74, 6) is -0.684. The number of aryl methyl sites for hydroxylation is 1. The van der Waals surface area contributed by atoms with E-state index >= 15 is 0 Å². The van der Waals surface area contributed by atoms with E-state index in [1.807, 2.05) is 31.2 Å². The molecule has 0 fully saturated rings. The average molecular weight is 279 g/mol. The van der Waals surface area contributed by atoms with Gasteiger partial charge in [-0.2, -0.15) is 0 Å². The van der Waals surface area contributed by atoms with E-state index in [4.69, 9.17) is 9.84 Å². The molecule has 0 heterocycles. The Kier molecular flexibility index (Phi) is 6.03. The van der Waals surface area contributed by atoms with E-state index in [-0.39, 0.29) is 25.1 Å². The Balaban J connectivity index is 2.67. The van der Waals surface area contributed by atoms with Gasteiger partial charge in [0.2, 0.25) is 0 Å². The van der Waals surface area contributed by atoms with E-state index in [1.165, 1.54) is 4.90 Å². The first-order valence-electron chi connectivity index (χ1n) is 6.67. The first-order valence-corrected chi connectivity index (χ1v) is 6.67. The molecule has 0 unspecified atom stereocenters. The first kappa shape index (κ1) is 16.0. The SMILES string of the molecule is CCc1ccccc1OCC(=O)N(CC(=O)O)C(C)C. The molecule has 0 aliphatic heterocycles. The van der Waals surface area contributed by atoms with Gasteiger partial charge in [0.1, 0.15) is 12.3 Å². The number of hydrogen-bond acceptors (Lipinski definition) is 3. The fraction of sp³-hybridized carbons (Fsp3) is 0.467. The molecule has 20 heavy (non-hydrogen) atoms. The van der Waals surface area contributed by atoms with E-state index in [0.717, 1.165) is 12.0 Å². The molecular weight excluding hydrogens is 258 g/mol. The third-order valence-electron chi connectivity index (χ3n) is 2.95. The molecule has 0 aliphatic carbocycles. The number of carboxylic acids is 1. The molecule has 0 aliphatic rings. The summed E-state index contributed by atoms with van der Waals surface area (Å²) in [5.41, 5.74) is 1.02. The molecule has 0 saturated heterocycles. The molecule has 0 spiro atoms. The molecule has 1 aromatic carbocycles. The van der Waals surface area contributed by atoms with Crippen molar-refractivity contribution in [3.05, 3.63) is 29.8 Å². The lowest BCUT2D eigenvalue weighted by Gasteiger charge is -2.25. The van der Waals surface area contributed by atoms with Crippen LogP contribution < -0.4 is 4.74 Å². The predicted molar refractivity (Wildman–Crippen MR) is 75.8 cm³/mol. The van der Waals surface area contributed by atoms with Crippen LogP contribution in [0.4, 0.5) is 0 Å². The van der Waals surface area contributed by atoms with Crippen molar-refractivity contribution in [1.29, 1.82) is 0 Å². The number of hydrogen-bond donors (Lipinski definition) is 1. The van der Waals surface area contributed by atoms with Gasteiger partial charge in [0.25, 0.3) is 5.91 Å². The third kappa shape index (κ3) is 4.57. The van der Waals surface area contributed by atoms with Crippen molar-refractivity contribution in [2.24, 2.45) is 0 Å². The van der Waals surface area contributed by atoms with Crippen LogP contribution in [0.5, 0.6) is 5.75 Å². The number of carboxylic acid groups (broad SMARTS) is 1. The van der Waals surface area contributed by atoms with Crippen LogP contribution in [0.25, 0.3) is 0 Å². The zero-order valence-corrected chi connectivity index (χ0v) is 12.1. The van der Waals surface area contributed by atoms with Crippen LogP contribution in [-0.2, 0) is 16.0 Å². The molecule has 0 radical (unpaired) electrons. The van der Waals surface area contributed by atoms with Crippen LogP contribution in [0.15, 0.2) is 24.3 Å². The van der Waals surface area contributed by atoms with Gasteiger partial charge in [-0.15, -0.1) is 0 Å². The average Bonchev–Trinajstić information content (AvgIpc) is 2.42. The molecule has 1 N–H and O–H groups in total. The zero-order chi connectivity index (χ0) is 15.1. The van der Waals surface area contributed by atoms with Crippen molar-refractivity contribution in [3.8, 4) is 5.75 Å². The minimum Gasteiger partial charge on any atom is -0.483 e. The number of carbonyl (C=O) groups is 2. The normalized spacial score (nSPS) is 10.4. The van der Waals surface area contributed by atoms with Crippen LogP contribution in [0, 0.1) is 0 Å². The van der Waals surface area contributed by atoms with Gasteiger partial charge in [-0.05, 0) is 31.9 Å². The van der Waals surface area contributed by atoms with Crippen LogP contribution >= 0.6 is 0 Å². The van der Waals surface area contributed by atoms with Crippen molar-refractivity contribution in [2.45, 2.75) is 33.2 Å². The third-order valence-corrected chi connectivity index (χ3v) is 2.95. The van der Waals surface area contributed by atoms with Crippen LogP contribution in [0.2, 0.25) is 0 Å². The van der Waals surface area contributed by atoms with Crippen molar-refractivity contribution in [1.82, 2.24) is 4.90 Å². The molecule has 1 rings (SSSR count). The van der Waals surface area contributed by atoms with E-state index in [2.05, 4.69) is 0 Å². The second kappa shape index (κ2) is 7.53. The summed E-state index contributed by atoms with van der Waals surface area (Å²) in [4.78, 5) is 24.1. The maximum absolute atomic E-state index is 12.0. The van der Waals surface area contributed by atoms with Gasteiger partial charge in [-0.3, -0.25) is 9.59 Å². The van der Waals surface area contributed by atoms with E-state index < -0.39 is 5.97 Å². The molecular formula is C15H21NO4. The lowest BCUT2D eigenvalue weighted by molar-refractivity contribution is -0.146. The highest BCUT2D eigenvalue weighted by atomic mass is 16.5. The van der Waals surface area contributed by atoms with E-state index in [1.54, 1.807) is 13.8 Å². The molecule has 0 saturated carbocycles. The Bertz CT molecular complexity index is 471. The minimum atomic E-state index is -1.03. The minimum absolute atomic E-state index is 0.150. The monoisotopic (exact) mass is 279 g/mol. The topological polar surface area (TPSA) is 66.8 Å². The van der Waals surface area contributed by atoms with Gasteiger partial charge in [0.05, 0.1) is 0 Å². The van der Waals surface area contributed by atoms with Gasteiger partial charge in [0, 0.05) is 6.04 Å². The Hall–Kier alpha value is -2.04. The van der Waals surface area contributed by atoms with Gasteiger partial charge >= 0.3 is 5.97 Å². The quantitative estimate of drug-likeness (QED) is 0.828. The molecule has 110 valence electrons. The second-order valence-electron chi connectivity index (χ2n) is 4.76. The fourth-order valence-electron chi connectivity index (χ4n) is 1.86. The van der Waals surface area contributed by atoms with E-state index in [9.17, 15) is 9.59 Å². The van der Waals surface area contributed by atoms with Gasteiger partial charge in [-0.1, -0.05) is 25.1 Å². The van der Waals surface area contributed by atoms with Crippen molar-refractivity contribution in [3.63, 3.8) is 0 Å². The number of aliphatic carboxylic acids is 1. The lowest BCUT2D eigenvalue weighted by atomic mass is 10.1. The molecule has 0 aromatic heterocycles.